The molecule has 0 bridgehead atoms. The number of aryl methyl sites for hydroxylation is 1. The molecule has 0 aliphatic carbocycles. The molecule has 0 saturated heterocycles. The lowest BCUT2D eigenvalue weighted by Gasteiger charge is -2.22. The van der Waals surface area contributed by atoms with E-state index in [0.29, 0.717) is 11.6 Å². The molecule has 5 nitrogen and oxygen atoms in total. The smallest absolute Gasteiger partial charge is 0.243 e. The van der Waals surface area contributed by atoms with Crippen molar-refractivity contribution < 1.29 is 13.2 Å². The molecule has 1 amide bonds. The van der Waals surface area contributed by atoms with Crippen molar-refractivity contribution in [1.82, 2.24) is 9.62 Å². The number of sulfonamides is 1. The van der Waals surface area contributed by atoms with E-state index >= 15 is 0 Å². The fourth-order valence-corrected chi connectivity index (χ4v) is 4.14. The number of carbonyl (C=O) groups excluding carboxylic acids is 1. The molecule has 2 aromatic rings. The first-order chi connectivity index (χ1) is 12.8. The monoisotopic (exact) mass is 408 g/mol. The first-order valence-corrected chi connectivity index (χ1v) is 10.7. The zero-order valence-electron chi connectivity index (χ0n) is 15.6. The summed E-state index contributed by atoms with van der Waals surface area (Å²) in [5, 5.41) is 3.29. The van der Waals surface area contributed by atoms with Crippen molar-refractivity contribution in [2.24, 2.45) is 0 Å². The largest absolute Gasteiger partial charge is 0.355 e. The van der Waals surface area contributed by atoms with Crippen LogP contribution in [-0.4, -0.2) is 31.7 Å². The molecule has 0 aliphatic rings. The lowest BCUT2D eigenvalue weighted by molar-refractivity contribution is -0.121. The zero-order valence-corrected chi connectivity index (χ0v) is 17.2. The molecule has 0 aliphatic heterocycles. The Morgan fingerprint density at radius 3 is 2.48 bits per heavy atom. The number of hydrogen-bond donors (Lipinski definition) is 1. The standard InChI is InChI=1S/C20H25ClN2O3S/c1-3-4-12-22-20(24)15-23(14-17-6-5-7-18(21)13-17)27(25,26)19-10-8-16(2)9-11-19/h5-11,13H,3-4,12,14-15H2,1-2H3,(H,22,24). The molecular formula is C20H25ClN2O3S. The summed E-state index contributed by atoms with van der Waals surface area (Å²) in [5.74, 6) is -0.318. The van der Waals surface area contributed by atoms with Gasteiger partial charge < -0.3 is 5.32 Å². The number of rotatable bonds is 9. The van der Waals surface area contributed by atoms with Gasteiger partial charge >= 0.3 is 0 Å². The van der Waals surface area contributed by atoms with Gasteiger partial charge in [0.15, 0.2) is 0 Å². The number of nitrogens with zero attached hydrogens (tertiary/aromatic N) is 1. The maximum Gasteiger partial charge on any atom is 0.243 e. The summed E-state index contributed by atoms with van der Waals surface area (Å²) in [6.45, 7) is 4.27. The Kier molecular flexibility index (Phi) is 7.83. The number of benzene rings is 2. The fourth-order valence-electron chi connectivity index (χ4n) is 2.54. The van der Waals surface area contributed by atoms with Crippen LogP contribution in [0.4, 0.5) is 0 Å². The summed E-state index contributed by atoms with van der Waals surface area (Å²) in [6, 6.07) is 13.6. The van der Waals surface area contributed by atoms with Gasteiger partial charge in [0.25, 0.3) is 0 Å². The quantitative estimate of drug-likeness (QED) is 0.642. The van der Waals surface area contributed by atoms with E-state index in [0.717, 1.165) is 24.0 Å². The summed E-state index contributed by atoms with van der Waals surface area (Å²) in [6.07, 6.45) is 1.80. The topological polar surface area (TPSA) is 66.5 Å². The molecule has 146 valence electrons. The number of halogens is 1. The van der Waals surface area contributed by atoms with E-state index in [-0.39, 0.29) is 23.9 Å². The van der Waals surface area contributed by atoms with Crippen LogP contribution in [0, 0.1) is 6.92 Å². The summed E-state index contributed by atoms with van der Waals surface area (Å²) in [7, 11) is -3.83. The second-order valence-electron chi connectivity index (χ2n) is 6.42. The van der Waals surface area contributed by atoms with Gasteiger partial charge in [0, 0.05) is 18.1 Å². The van der Waals surface area contributed by atoms with Crippen molar-refractivity contribution in [2.75, 3.05) is 13.1 Å². The molecule has 0 unspecified atom stereocenters. The van der Waals surface area contributed by atoms with E-state index in [2.05, 4.69) is 5.32 Å². The average molecular weight is 409 g/mol. The van der Waals surface area contributed by atoms with Crippen molar-refractivity contribution >= 4 is 27.5 Å². The van der Waals surface area contributed by atoms with E-state index in [4.69, 9.17) is 11.6 Å². The minimum Gasteiger partial charge on any atom is -0.355 e. The molecule has 0 atom stereocenters. The number of carbonyl (C=O) groups is 1. The van der Waals surface area contributed by atoms with Crippen molar-refractivity contribution in [2.45, 2.75) is 38.1 Å². The second-order valence-corrected chi connectivity index (χ2v) is 8.79. The van der Waals surface area contributed by atoms with Crippen molar-refractivity contribution in [3.8, 4) is 0 Å². The van der Waals surface area contributed by atoms with Gasteiger partial charge in [-0.25, -0.2) is 8.42 Å². The Morgan fingerprint density at radius 1 is 1.15 bits per heavy atom. The van der Waals surface area contributed by atoms with E-state index in [9.17, 15) is 13.2 Å². The van der Waals surface area contributed by atoms with Crippen molar-refractivity contribution in [1.29, 1.82) is 0 Å². The molecule has 27 heavy (non-hydrogen) atoms. The van der Waals surface area contributed by atoms with E-state index in [1.807, 2.05) is 13.8 Å². The number of amides is 1. The van der Waals surface area contributed by atoms with Crippen LogP contribution in [0.3, 0.4) is 0 Å². The van der Waals surface area contributed by atoms with Gasteiger partial charge in [-0.1, -0.05) is 54.8 Å². The number of unbranched alkanes of at least 4 members (excludes halogenated alkanes) is 1. The average Bonchev–Trinajstić information content (AvgIpc) is 2.62. The Hall–Kier alpha value is -1.89. The van der Waals surface area contributed by atoms with Gasteiger partial charge in [0.05, 0.1) is 11.4 Å². The molecule has 2 rings (SSSR count). The lowest BCUT2D eigenvalue weighted by atomic mass is 10.2. The maximum absolute atomic E-state index is 13.1. The van der Waals surface area contributed by atoms with Crippen LogP contribution in [0.15, 0.2) is 53.4 Å². The van der Waals surface area contributed by atoms with Crippen LogP contribution in [0.1, 0.15) is 30.9 Å². The first kappa shape index (κ1) is 21.4. The van der Waals surface area contributed by atoms with Gasteiger partial charge in [-0.05, 0) is 43.2 Å². The summed E-state index contributed by atoms with van der Waals surface area (Å²) in [5.41, 5.74) is 1.69. The van der Waals surface area contributed by atoms with Crippen LogP contribution in [0.2, 0.25) is 5.02 Å². The van der Waals surface area contributed by atoms with E-state index < -0.39 is 10.0 Å². The zero-order chi connectivity index (χ0) is 19.9. The number of hydrogen-bond acceptors (Lipinski definition) is 3. The molecule has 0 saturated carbocycles. The van der Waals surface area contributed by atoms with Crippen LogP contribution in [0.5, 0.6) is 0 Å². The highest BCUT2D eigenvalue weighted by Gasteiger charge is 2.26. The predicted octanol–water partition coefficient (Wildman–Crippen LogP) is 3.76. The molecule has 0 aromatic heterocycles. The van der Waals surface area contributed by atoms with Crippen LogP contribution >= 0.6 is 11.6 Å². The second kappa shape index (κ2) is 9.88. The third-order valence-electron chi connectivity index (χ3n) is 4.08. The SMILES string of the molecule is CCCCNC(=O)CN(Cc1cccc(Cl)c1)S(=O)(=O)c1ccc(C)cc1. The van der Waals surface area contributed by atoms with Gasteiger partial charge in [-0.3, -0.25) is 4.79 Å². The van der Waals surface area contributed by atoms with Crippen LogP contribution in [0.25, 0.3) is 0 Å². The molecule has 1 N–H and O–H groups in total. The summed E-state index contributed by atoms with van der Waals surface area (Å²) < 4.78 is 27.4. The molecular weight excluding hydrogens is 384 g/mol. The Morgan fingerprint density at radius 2 is 1.85 bits per heavy atom. The van der Waals surface area contributed by atoms with Crippen LogP contribution in [-0.2, 0) is 21.4 Å². The molecule has 0 fully saturated rings. The highest BCUT2D eigenvalue weighted by molar-refractivity contribution is 7.89. The maximum atomic E-state index is 13.1. The fraction of sp³-hybridized carbons (Fsp3) is 0.350. The third-order valence-corrected chi connectivity index (χ3v) is 6.12. The number of nitrogens with one attached hydrogen (secondary N) is 1. The van der Waals surface area contributed by atoms with E-state index in [1.54, 1.807) is 48.5 Å². The minimum atomic E-state index is -3.83. The lowest BCUT2D eigenvalue weighted by Crippen LogP contribution is -2.40. The first-order valence-electron chi connectivity index (χ1n) is 8.91. The molecule has 7 heteroatoms. The Balaban J connectivity index is 2.27. The summed E-state index contributed by atoms with van der Waals surface area (Å²) in [4.78, 5) is 12.4. The van der Waals surface area contributed by atoms with Crippen molar-refractivity contribution in [3.63, 3.8) is 0 Å². The minimum absolute atomic E-state index is 0.0674. The third kappa shape index (κ3) is 6.34. The molecule has 0 spiro atoms. The highest BCUT2D eigenvalue weighted by atomic mass is 35.5. The molecule has 0 radical (unpaired) electrons. The normalized spacial score (nSPS) is 11.6. The van der Waals surface area contributed by atoms with Gasteiger partial charge in [0.1, 0.15) is 0 Å². The Bertz CT molecular complexity index is 867. The predicted molar refractivity (Wildman–Crippen MR) is 108 cm³/mol. The van der Waals surface area contributed by atoms with Crippen LogP contribution < -0.4 is 5.32 Å². The van der Waals surface area contributed by atoms with Gasteiger partial charge in [0.2, 0.25) is 15.9 Å². The highest BCUT2D eigenvalue weighted by Crippen LogP contribution is 2.20. The van der Waals surface area contributed by atoms with Gasteiger partial charge in [-0.2, -0.15) is 4.31 Å². The summed E-state index contributed by atoms with van der Waals surface area (Å²) >= 11 is 6.02. The van der Waals surface area contributed by atoms with E-state index in [1.165, 1.54) is 4.31 Å². The van der Waals surface area contributed by atoms with Gasteiger partial charge in [-0.15, -0.1) is 0 Å². The molecule has 2 aromatic carbocycles. The van der Waals surface area contributed by atoms with Crippen molar-refractivity contribution in [3.05, 3.63) is 64.7 Å². The molecule has 0 heterocycles. The Labute approximate surface area is 166 Å².